The second kappa shape index (κ2) is 5.57. The Bertz CT molecular complexity index is 375. The van der Waals surface area contributed by atoms with E-state index in [-0.39, 0.29) is 0 Å². The molecule has 1 aromatic rings. The molecule has 1 aliphatic heterocycles. The zero-order valence-corrected chi connectivity index (χ0v) is 11.5. The molecule has 18 heavy (non-hydrogen) atoms. The molecule has 0 aliphatic carbocycles. The van der Waals surface area contributed by atoms with Crippen molar-refractivity contribution in [2.75, 3.05) is 25.5 Å². The fourth-order valence-corrected chi connectivity index (χ4v) is 2.43. The van der Waals surface area contributed by atoms with Crippen LogP contribution in [0.2, 0.25) is 0 Å². The number of methoxy groups -OCH3 is 1. The van der Waals surface area contributed by atoms with Crippen molar-refractivity contribution in [1.29, 1.82) is 0 Å². The Balaban J connectivity index is 1.90. The molecule has 2 rings (SSSR count). The summed E-state index contributed by atoms with van der Waals surface area (Å²) >= 11 is 0. The Hall–Kier alpha value is -1.29. The summed E-state index contributed by atoms with van der Waals surface area (Å²) in [5.74, 6) is 1.69. The molecular weight excluding hydrogens is 226 g/mol. The molecule has 4 heteroatoms. The first-order chi connectivity index (χ1) is 8.62. The largest absolute Gasteiger partial charge is 0.495 e. The van der Waals surface area contributed by atoms with Gasteiger partial charge in [0, 0.05) is 12.6 Å². The highest BCUT2D eigenvalue weighted by Gasteiger charge is 2.31. The van der Waals surface area contributed by atoms with Crippen molar-refractivity contribution in [2.45, 2.75) is 32.7 Å². The lowest BCUT2D eigenvalue weighted by Gasteiger charge is -2.39. The van der Waals surface area contributed by atoms with Gasteiger partial charge >= 0.3 is 0 Å². The number of ether oxygens (including phenoxy) is 1. The van der Waals surface area contributed by atoms with E-state index in [2.05, 4.69) is 29.5 Å². The Labute approximate surface area is 109 Å². The molecule has 0 aromatic carbocycles. The van der Waals surface area contributed by atoms with Crippen LogP contribution in [-0.4, -0.2) is 31.2 Å². The summed E-state index contributed by atoms with van der Waals surface area (Å²) in [4.78, 5) is 4.32. The average Bonchev–Trinajstić information content (AvgIpc) is 2.38. The number of anilines is 1. The van der Waals surface area contributed by atoms with Crippen LogP contribution in [0.3, 0.4) is 0 Å². The topological polar surface area (TPSA) is 46.2 Å². The molecule has 2 heterocycles. The van der Waals surface area contributed by atoms with Gasteiger partial charge in [-0.1, -0.05) is 13.8 Å². The average molecular weight is 249 g/mol. The van der Waals surface area contributed by atoms with E-state index in [4.69, 9.17) is 4.74 Å². The summed E-state index contributed by atoms with van der Waals surface area (Å²) in [5, 5.41) is 6.98. The minimum atomic E-state index is 0.345. The highest BCUT2D eigenvalue weighted by Crippen LogP contribution is 2.30. The van der Waals surface area contributed by atoms with Crippen molar-refractivity contribution in [3.05, 3.63) is 18.3 Å². The van der Waals surface area contributed by atoms with Crippen LogP contribution in [0.5, 0.6) is 5.75 Å². The Morgan fingerprint density at radius 3 is 2.94 bits per heavy atom. The molecule has 1 aliphatic rings. The van der Waals surface area contributed by atoms with Gasteiger partial charge < -0.3 is 15.4 Å². The van der Waals surface area contributed by atoms with Gasteiger partial charge in [0.15, 0.2) is 0 Å². The molecule has 0 spiro atoms. The third-order valence-electron chi connectivity index (χ3n) is 3.79. The number of hydrogen-bond acceptors (Lipinski definition) is 4. The molecule has 1 saturated heterocycles. The molecule has 100 valence electrons. The lowest BCUT2D eigenvalue weighted by atomic mass is 9.77. The van der Waals surface area contributed by atoms with Crippen molar-refractivity contribution in [2.24, 2.45) is 5.41 Å². The number of nitrogens with zero attached hydrogens (tertiary/aromatic N) is 1. The van der Waals surface area contributed by atoms with Gasteiger partial charge in [0.1, 0.15) is 11.6 Å². The summed E-state index contributed by atoms with van der Waals surface area (Å²) in [6.45, 7) is 6.68. The molecule has 0 saturated carbocycles. The monoisotopic (exact) mass is 249 g/mol. The van der Waals surface area contributed by atoms with Crippen LogP contribution in [0.15, 0.2) is 18.3 Å². The van der Waals surface area contributed by atoms with E-state index in [9.17, 15) is 0 Å². The normalized spacial score (nSPS) is 22.5. The molecule has 0 radical (unpaired) electrons. The fourth-order valence-electron chi connectivity index (χ4n) is 2.43. The smallest absolute Gasteiger partial charge is 0.137 e. The van der Waals surface area contributed by atoms with Crippen molar-refractivity contribution in [1.82, 2.24) is 10.3 Å². The summed E-state index contributed by atoms with van der Waals surface area (Å²) < 4.78 is 5.09. The molecule has 0 amide bonds. The van der Waals surface area contributed by atoms with Crippen molar-refractivity contribution < 1.29 is 4.74 Å². The van der Waals surface area contributed by atoms with E-state index < -0.39 is 0 Å². The zero-order valence-electron chi connectivity index (χ0n) is 11.5. The molecule has 1 atom stereocenters. The first kappa shape index (κ1) is 13.1. The second-order valence-corrected chi connectivity index (χ2v) is 5.56. The van der Waals surface area contributed by atoms with Crippen LogP contribution >= 0.6 is 0 Å². The summed E-state index contributed by atoms with van der Waals surface area (Å²) in [6.07, 6.45) is 4.29. The highest BCUT2D eigenvalue weighted by atomic mass is 16.5. The van der Waals surface area contributed by atoms with Crippen molar-refractivity contribution >= 4 is 5.82 Å². The van der Waals surface area contributed by atoms with Crippen LogP contribution in [0.1, 0.15) is 26.7 Å². The number of hydrogen-bond donors (Lipinski definition) is 2. The zero-order chi connectivity index (χ0) is 13.0. The fraction of sp³-hybridized carbons (Fsp3) is 0.643. The molecule has 1 unspecified atom stereocenters. The van der Waals surface area contributed by atoms with E-state index >= 15 is 0 Å². The number of pyridine rings is 1. The second-order valence-electron chi connectivity index (χ2n) is 5.56. The first-order valence-electron chi connectivity index (χ1n) is 6.59. The van der Waals surface area contributed by atoms with Gasteiger partial charge in [-0.15, -0.1) is 0 Å². The Kier molecular flexibility index (Phi) is 4.07. The first-order valence-corrected chi connectivity index (χ1v) is 6.59. The Morgan fingerprint density at radius 2 is 2.33 bits per heavy atom. The number of aromatic nitrogens is 1. The van der Waals surface area contributed by atoms with Gasteiger partial charge in [-0.25, -0.2) is 4.98 Å². The number of piperidine rings is 1. The maximum Gasteiger partial charge on any atom is 0.137 e. The molecule has 2 N–H and O–H groups in total. The van der Waals surface area contributed by atoms with Crippen LogP contribution < -0.4 is 15.4 Å². The highest BCUT2D eigenvalue weighted by molar-refractivity contribution is 5.37. The van der Waals surface area contributed by atoms with Crippen LogP contribution in [0, 0.1) is 5.41 Å². The number of rotatable bonds is 4. The SMILES string of the molecule is COc1ccc(NCC2NCCCC2(C)C)nc1. The third kappa shape index (κ3) is 3.13. The van der Waals surface area contributed by atoms with Crippen molar-refractivity contribution in [3.8, 4) is 5.75 Å². The summed E-state index contributed by atoms with van der Waals surface area (Å²) in [5.41, 5.74) is 0.345. The van der Waals surface area contributed by atoms with Gasteiger partial charge in [0.2, 0.25) is 0 Å². The molecule has 1 fully saturated rings. The minimum Gasteiger partial charge on any atom is -0.495 e. The molecular formula is C14H23N3O. The maximum absolute atomic E-state index is 5.09. The molecule has 1 aromatic heterocycles. The van der Waals surface area contributed by atoms with Crippen molar-refractivity contribution in [3.63, 3.8) is 0 Å². The summed E-state index contributed by atoms with van der Waals surface area (Å²) in [7, 11) is 1.65. The predicted octanol–water partition coefficient (Wildman–Crippen LogP) is 2.28. The predicted molar refractivity (Wildman–Crippen MR) is 74.1 cm³/mol. The lowest BCUT2D eigenvalue weighted by molar-refractivity contribution is 0.188. The minimum absolute atomic E-state index is 0.345. The van der Waals surface area contributed by atoms with E-state index in [1.807, 2.05) is 12.1 Å². The van der Waals surface area contributed by atoms with E-state index in [0.717, 1.165) is 24.7 Å². The number of nitrogens with one attached hydrogen (secondary N) is 2. The van der Waals surface area contributed by atoms with Gasteiger partial charge in [-0.05, 0) is 36.9 Å². The van der Waals surface area contributed by atoms with Gasteiger partial charge in [0.05, 0.1) is 13.3 Å². The van der Waals surface area contributed by atoms with E-state index in [1.165, 1.54) is 12.8 Å². The lowest BCUT2D eigenvalue weighted by Crippen LogP contribution is -2.50. The van der Waals surface area contributed by atoms with Gasteiger partial charge in [0.25, 0.3) is 0 Å². The third-order valence-corrected chi connectivity index (χ3v) is 3.79. The van der Waals surface area contributed by atoms with E-state index in [0.29, 0.717) is 11.5 Å². The molecule has 4 nitrogen and oxygen atoms in total. The van der Waals surface area contributed by atoms with Gasteiger partial charge in [-0.3, -0.25) is 0 Å². The quantitative estimate of drug-likeness (QED) is 0.859. The standard InChI is InChI=1S/C14H23N3O/c1-14(2)7-4-8-15-12(14)10-17-13-6-5-11(18-3)9-16-13/h5-6,9,12,15H,4,7-8,10H2,1-3H3,(H,16,17). The summed E-state index contributed by atoms with van der Waals surface area (Å²) in [6, 6.07) is 4.37. The Morgan fingerprint density at radius 1 is 1.50 bits per heavy atom. The van der Waals surface area contributed by atoms with E-state index in [1.54, 1.807) is 13.3 Å². The van der Waals surface area contributed by atoms with Gasteiger partial charge in [-0.2, -0.15) is 0 Å². The maximum atomic E-state index is 5.09. The molecule has 0 bridgehead atoms. The van der Waals surface area contributed by atoms with Crippen LogP contribution in [0.25, 0.3) is 0 Å². The van der Waals surface area contributed by atoms with Crippen LogP contribution in [-0.2, 0) is 0 Å². The van der Waals surface area contributed by atoms with Crippen LogP contribution in [0.4, 0.5) is 5.82 Å².